The van der Waals surface area contributed by atoms with Crippen LogP contribution < -0.4 is 4.72 Å². The van der Waals surface area contributed by atoms with Crippen molar-refractivity contribution >= 4 is 10.2 Å². The second-order valence-corrected chi connectivity index (χ2v) is 10.2. The van der Waals surface area contributed by atoms with Crippen LogP contribution in [0.1, 0.15) is 58.3 Å². The molecule has 0 aromatic rings. The molecule has 4 saturated carbocycles. The van der Waals surface area contributed by atoms with Crippen LogP contribution >= 0.6 is 0 Å². The van der Waals surface area contributed by atoms with E-state index in [0.29, 0.717) is 24.9 Å². The summed E-state index contributed by atoms with van der Waals surface area (Å²) in [6.45, 7) is 3.30. The zero-order valence-electron chi connectivity index (χ0n) is 13.4. The lowest BCUT2D eigenvalue weighted by atomic mass is 9.46. The monoisotopic (exact) mass is 328 g/mol. The fourth-order valence-corrected chi connectivity index (χ4v) is 7.73. The Bertz CT molecular complexity index is 542. The van der Waals surface area contributed by atoms with E-state index in [9.17, 15) is 13.5 Å². The Balaban J connectivity index is 1.54. The van der Waals surface area contributed by atoms with Crippen LogP contribution in [0.3, 0.4) is 0 Å². The van der Waals surface area contributed by atoms with Crippen LogP contribution in [0.4, 0.5) is 0 Å². The molecule has 2 N–H and O–H groups in total. The van der Waals surface area contributed by atoms with E-state index in [1.54, 1.807) is 4.31 Å². The van der Waals surface area contributed by atoms with Crippen LogP contribution in [0, 0.1) is 17.3 Å². The van der Waals surface area contributed by atoms with Crippen LogP contribution in [0.5, 0.6) is 0 Å². The van der Waals surface area contributed by atoms with Gasteiger partial charge in [-0.05, 0) is 75.5 Å². The van der Waals surface area contributed by atoms with Crippen molar-refractivity contribution in [1.29, 1.82) is 0 Å². The molecule has 4 aliphatic carbocycles. The lowest BCUT2D eigenvalue weighted by Gasteiger charge is -2.62. The van der Waals surface area contributed by atoms with Gasteiger partial charge in [-0.1, -0.05) is 0 Å². The Morgan fingerprint density at radius 1 is 1.14 bits per heavy atom. The van der Waals surface area contributed by atoms with Crippen molar-refractivity contribution in [3.63, 3.8) is 0 Å². The lowest BCUT2D eigenvalue weighted by molar-refractivity contribution is -0.170. The number of nitrogens with zero attached hydrogens (tertiary/aromatic N) is 1. The van der Waals surface area contributed by atoms with Crippen molar-refractivity contribution in [2.24, 2.45) is 17.3 Å². The highest BCUT2D eigenvalue weighted by Gasteiger charge is 2.59. The lowest BCUT2D eigenvalue weighted by Crippen LogP contribution is -2.62. The van der Waals surface area contributed by atoms with Gasteiger partial charge in [0.25, 0.3) is 10.2 Å². The summed E-state index contributed by atoms with van der Waals surface area (Å²) in [5.41, 5.74) is -0.566. The van der Waals surface area contributed by atoms with Gasteiger partial charge < -0.3 is 5.11 Å². The SMILES string of the molecule is CC(NS(=O)(=O)N1CCCC1)C12CC3CC(CC(O)(C3)C1)C2. The maximum atomic E-state index is 12.6. The summed E-state index contributed by atoms with van der Waals surface area (Å²) in [6.07, 6.45) is 7.94. The van der Waals surface area contributed by atoms with E-state index in [0.717, 1.165) is 44.9 Å². The fraction of sp³-hybridized carbons (Fsp3) is 1.00. The highest BCUT2D eigenvalue weighted by atomic mass is 32.2. The van der Waals surface area contributed by atoms with Crippen molar-refractivity contribution in [3.8, 4) is 0 Å². The number of hydrogen-bond donors (Lipinski definition) is 2. The molecule has 1 aliphatic heterocycles. The minimum absolute atomic E-state index is 0.0361. The van der Waals surface area contributed by atoms with Crippen molar-refractivity contribution in [2.45, 2.75) is 69.9 Å². The molecule has 5 aliphatic rings. The molecule has 5 rings (SSSR count). The van der Waals surface area contributed by atoms with Gasteiger partial charge in [0.05, 0.1) is 5.60 Å². The molecule has 0 amide bonds. The van der Waals surface area contributed by atoms with E-state index < -0.39 is 15.8 Å². The molecule has 5 nitrogen and oxygen atoms in total. The fourth-order valence-electron chi connectivity index (χ4n) is 6.14. The molecule has 1 saturated heterocycles. The Labute approximate surface area is 133 Å². The quantitative estimate of drug-likeness (QED) is 0.824. The van der Waals surface area contributed by atoms with Crippen LogP contribution in [-0.4, -0.2) is 42.6 Å². The topological polar surface area (TPSA) is 69.6 Å². The second kappa shape index (κ2) is 4.91. The van der Waals surface area contributed by atoms with Crippen LogP contribution in [-0.2, 0) is 10.2 Å². The summed E-state index contributed by atoms with van der Waals surface area (Å²) >= 11 is 0. The molecule has 5 fully saturated rings. The van der Waals surface area contributed by atoms with Gasteiger partial charge in [0.1, 0.15) is 0 Å². The predicted molar refractivity (Wildman–Crippen MR) is 84.4 cm³/mol. The largest absolute Gasteiger partial charge is 0.390 e. The maximum absolute atomic E-state index is 12.6. The molecule has 22 heavy (non-hydrogen) atoms. The number of hydrogen-bond acceptors (Lipinski definition) is 3. The molecule has 0 spiro atoms. The molecule has 126 valence electrons. The minimum Gasteiger partial charge on any atom is -0.390 e. The molecule has 3 atom stereocenters. The molecule has 0 aromatic carbocycles. The molecular weight excluding hydrogens is 300 g/mol. The van der Waals surface area contributed by atoms with Gasteiger partial charge in [0.2, 0.25) is 0 Å². The van der Waals surface area contributed by atoms with Gasteiger partial charge in [-0.15, -0.1) is 0 Å². The number of nitrogens with one attached hydrogen (secondary N) is 1. The molecule has 0 radical (unpaired) electrons. The number of rotatable bonds is 4. The van der Waals surface area contributed by atoms with E-state index in [1.807, 2.05) is 6.92 Å². The summed E-state index contributed by atoms with van der Waals surface area (Å²) in [5.74, 6) is 1.18. The number of aliphatic hydroxyl groups is 1. The van der Waals surface area contributed by atoms with E-state index >= 15 is 0 Å². The van der Waals surface area contributed by atoms with E-state index in [4.69, 9.17) is 0 Å². The first-order chi connectivity index (χ1) is 10.3. The summed E-state index contributed by atoms with van der Waals surface area (Å²) in [5, 5.41) is 10.8. The molecule has 4 bridgehead atoms. The van der Waals surface area contributed by atoms with Gasteiger partial charge >= 0.3 is 0 Å². The third-order valence-electron chi connectivity index (χ3n) is 6.72. The average Bonchev–Trinajstić information content (AvgIpc) is 2.89. The van der Waals surface area contributed by atoms with E-state index in [1.165, 1.54) is 6.42 Å². The van der Waals surface area contributed by atoms with Crippen molar-refractivity contribution < 1.29 is 13.5 Å². The average molecular weight is 328 g/mol. The summed E-state index contributed by atoms with van der Waals surface area (Å²) in [4.78, 5) is 0. The normalized spacial score (nSPS) is 46.3. The van der Waals surface area contributed by atoms with Crippen molar-refractivity contribution in [1.82, 2.24) is 9.03 Å². The van der Waals surface area contributed by atoms with Crippen molar-refractivity contribution in [3.05, 3.63) is 0 Å². The highest BCUT2D eigenvalue weighted by Crippen LogP contribution is 2.62. The first kappa shape index (κ1) is 15.4. The Morgan fingerprint density at radius 3 is 2.27 bits per heavy atom. The molecule has 1 heterocycles. The zero-order chi connectivity index (χ0) is 15.6. The summed E-state index contributed by atoms with van der Waals surface area (Å²) < 4.78 is 29.7. The Hall–Kier alpha value is -0.170. The third kappa shape index (κ3) is 2.43. The first-order valence-corrected chi connectivity index (χ1v) is 10.2. The summed E-state index contributed by atoms with van der Waals surface area (Å²) in [6, 6.07) is -0.0875. The Kier molecular flexibility index (Phi) is 3.43. The highest BCUT2D eigenvalue weighted by molar-refractivity contribution is 7.87. The Morgan fingerprint density at radius 2 is 1.73 bits per heavy atom. The van der Waals surface area contributed by atoms with E-state index in [2.05, 4.69) is 4.72 Å². The van der Waals surface area contributed by atoms with Gasteiger partial charge in [-0.2, -0.15) is 17.4 Å². The van der Waals surface area contributed by atoms with Gasteiger partial charge in [-0.3, -0.25) is 0 Å². The zero-order valence-corrected chi connectivity index (χ0v) is 14.2. The van der Waals surface area contributed by atoms with Gasteiger partial charge in [0, 0.05) is 19.1 Å². The van der Waals surface area contributed by atoms with Crippen molar-refractivity contribution in [2.75, 3.05) is 13.1 Å². The van der Waals surface area contributed by atoms with Gasteiger partial charge in [0.15, 0.2) is 0 Å². The standard InChI is InChI=1S/C16H28N2O3S/c1-12(17-22(20,21)18-4-2-3-5-18)15-7-13-6-14(8-15)10-16(19,9-13)11-15/h12-14,17,19H,2-11H2,1H3. The van der Waals surface area contributed by atoms with Crippen LogP contribution in [0.2, 0.25) is 0 Å². The first-order valence-electron chi connectivity index (χ1n) is 8.80. The third-order valence-corrected chi connectivity index (χ3v) is 8.42. The van der Waals surface area contributed by atoms with Gasteiger partial charge in [-0.25, -0.2) is 0 Å². The van der Waals surface area contributed by atoms with Crippen LogP contribution in [0.25, 0.3) is 0 Å². The summed E-state index contributed by atoms with van der Waals surface area (Å²) in [7, 11) is -3.37. The molecule has 6 heteroatoms. The predicted octanol–water partition coefficient (Wildman–Crippen LogP) is 1.64. The smallest absolute Gasteiger partial charge is 0.279 e. The second-order valence-electron chi connectivity index (χ2n) is 8.50. The van der Waals surface area contributed by atoms with E-state index in [-0.39, 0.29) is 11.5 Å². The molecule has 0 aromatic heterocycles. The maximum Gasteiger partial charge on any atom is 0.279 e. The molecular formula is C16H28N2O3S. The molecule has 3 unspecified atom stereocenters. The van der Waals surface area contributed by atoms with Crippen LogP contribution in [0.15, 0.2) is 0 Å². The minimum atomic E-state index is -3.37.